The van der Waals surface area contributed by atoms with Crippen molar-refractivity contribution >= 4 is 5.91 Å². The van der Waals surface area contributed by atoms with Gasteiger partial charge in [-0.3, -0.25) is 9.69 Å². The first-order chi connectivity index (χ1) is 14.6. The lowest BCUT2D eigenvalue weighted by Crippen LogP contribution is -2.43. The number of aryl methyl sites for hydroxylation is 1. The summed E-state index contributed by atoms with van der Waals surface area (Å²) in [4.78, 5) is 15.3. The number of hydrogen-bond acceptors (Lipinski definition) is 6. The first kappa shape index (κ1) is 21.9. The summed E-state index contributed by atoms with van der Waals surface area (Å²) in [5.41, 5.74) is 2.84. The van der Waals surface area contributed by atoms with Crippen LogP contribution in [0.3, 0.4) is 0 Å². The third-order valence-corrected chi connectivity index (χ3v) is 5.33. The summed E-state index contributed by atoms with van der Waals surface area (Å²) in [7, 11) is 4.60. The Morgan fingerprint density at radius 2 is 1.63 bits per heavy atom. The Bertz CT molecular complexity index is 822. The highest BCUT2D eigenvalue weighted by molar-refractivity contribution is 5.95. The molecule has 7 heteroatoms. The maximum Gasteiger partial charge on any atom is 0.251 e. The van der Waals surface area contributed by atoms with Crippen molar-refractivity contribution in [2.45, 2.75) is 13.0 Å². The van der Waals surface area contributed by atoms with Crippen LogP contribution in [0, 0.1) is 6.92 Å². The van der Waals surface area contributed by atoms with Gasteiger partial charge in [0.1, 0.15) is 0 Å². The number of nitrogens with zero attached hydrogens (tertiary/aromatic N) is 1. The number of benzene rings is 2. The van der Waals surface area contributed by atoms with Crippen molar-refractivity contribution in [2.24, 2.45) is 0 Å². The molecular formula is C23H30N2O5. The summed E-state index contributed by atoms with van der Waals surface area (Å²) in [6, 6.07) is 11.8. The van der Waals surface area contributed by atoms with Gasteiger partial charge < -0.3 is 24.3 Å². The van der Waals surface area contributed by atoms with Crippen molar-refractivity contribution in [3.05, 3.63) is 53.1 Å². The highest BCUT2D eigenvalue weighted by Crippen LogP contribution is 2.38. The number of carbonyl (C=O) groups is 1. The standard InChI is InChI=1S/C23H30N2O5/c1-16-5-7-17(8-6-16)19(25-9-11-30-12-10-25)15-24-23(26)18-13-20(27-2)22(29-4)21(14-18)28-3/h5-8,13-14,19H,9-12,15H2,1-4H3,(H,24,26)/t19-/m0/s1. The second-order valence-electron chi connectivity index (χ2n) is 7.20. The van der Waals surface area contributed by atoms with Crippen LogP contribution in [0.4, 0.5) is 0 Å². The maximum absolute atomic E-state index is 12.9. The van der Waals surface area contributed by atoms with Crippen molar-refractivity contribution in [2.75, 3.05) is 54.2 Å². The van der Waals surface area contributed by atoms with Crippen molar-refractivity contribution in [3.63, 3.8) is 0 Å². The van der Waals surface area contributed by atoms with Crippen LogP contribution in [0.15, 0.2) is 36.4 Å². The number of nitrogens with one attached hydrogen (secondary N) is 1. The Hall–Kier alpha value is -2.77. The molecule has 30 heavy (non-hydrogen) atoms. The molecule has 1 amide bonds. The fourth-order valence-corrected chi connectivity index (χ4v) is 3.64. The first-order valence-corrected chi connectivity index (χ1v) is 10.0. The van der Waals surface area contributed by atoms with Gasteiger partial charge in [-0.2, -0.15) is 0 Å². The van der Waals surface area contributed by atoms with Gasteiger partial charge in [-0.1, -0.05) is 29.8 Å². The van der Waals surface area contributed by atoms with Crippen molar-refractivity contribution in [1.29, 1.82) is 0 Å². The third kappa shape index (κ3) is 5.04. The minimum absolute atomic E-state index is 0.0699. The molecule has 1 atom stereocenters. The van der Waals surface area contributed by atoms with Gasteiger partial charge in [-0.25, -0.2) is 0 Å². The van der Waals surface area contributed by atoms with Crippen LogP contribution in [0.25, 0.3) is 0 Å². The van der Waals surface area contributed by atoms with E-state index in [1.54, 1.807) is 12.1 Å². The second kappa shape index (κ2) is 10.3. The summed E-state index contributed by atoms with van der Waals surface area (Å²) in [6.07, 6.45) is 0. The zero-order chi connectivity index (χ0) is 21.5. The lowest BCUT2D eigenvalue weighted by atomic mass is 10.0. The molecule has 0 aliphatic carbocycles. The average Bonchev–Trinajstić information content (AvgIpc) is 2.79. The number of ether oxygens (including phenoxy) is 4. The van der Waals surface area contributed by atoms with Gasteiger partial charge in [0.2, 0.25) is 5.75 Å². The largest absolute Gasteiger partial charge is 0.493 e. The molecule has 1 aliphatic heterocycles. The highest BCUT2D eigenvalue weighted by Gasteiger charge is 2.24. The highest BCUT2D eigenvalue weighted by atomic mass is 16.5. The number of morpholine rings is 1. The van der Waals surface area contributed by atoms with E-state index in [4.69, 9.17) is 18.9 Å². The number of hydrogen-bond donors (Lipinski definition) is 1. The fourth-order valence-electron chi connectivity index (χ4n) is 3.64. The zero-order valence-corrected chi connectivity index (χ0v) is 18.1. The van der Waals surface area contributed by atoms with E-state index in [2.05, 4.69) is 41.4 Å². The Balaban J connectivity index is 1.79. The van der Waals surface area contributed by atoms with Crippen molar-refractivity contribution in [3.8, 4) is 17.2 Å². The van der Waals surface area contributed by atoms with Gasteiger partial charge in [0.25, 0.3) is 5.91 Å². The molecular weight excluding hydrogens is 384 g/mol. The van der Waals surface area contributed by atoms with Crippen molar-refractivity contribution in [1.82, 2.24) is 10.2 Å². The van der Waals surface area contributed by atoms with Gasteiger partial charge in [0.15, 0.2) is 11.5 Å². The summed E-state index contributed by atoms with van der Waals surface area (Å²) < 4.78 is 21.6. The molecule has 0 aromatic heterocycles. The minimum atomic E-state index is -0.195. The van der Waals surface area contributed by atoms with Gasteiger partial charge in [0.05, 0.1) is 40.6 Å². The Labute approximate surface area is 177 Å². The maximum atomic E-state index is 12.9. The molecule has 0 saturated carbocycles. The number of amides is 1. The van der Waals surface area contributed by atoms with Crippen LogP contribution < -0.4 is 19.5 Å². The van der Waals surface area contributed by atoms with E-state index in [1.165, 1.54) is 32.5 Å². The van der Waals surface area contributed by atoms with E-state index in [0.29, 0.717) is 42.6 Å². The van der Waals surface area contributed by atoms with Crippen LogP contribution in [-0.2, 0) is 4.74 Å². The first-order valence-electron chi connectivity index (χ1n) is 10.0. The van der Waals surface area contributed by atoms with Crippen LogP contribution in [0.1, 0.15) is 27.5 Å². The molecule has 162 valence electrons. The SMILES string of the molecule is COc1cc(C(=O)NC[C@@H](c2ccc(C)cc2)N2CCOCC2)cc(OC)c1OC. The Kier molecular flexibility index (Phi) is 7.54. The van der Waals surface area contributed by atoms with Gasteiger partial charge in [0, 0.05) is 25.2 Å². The number of rotatable bonds is 8. The lowest BCUT2D eigenvalue weighted by Gasteiger charge is -2.35. The van der Waals surface area contributed by atoms with Crippen molar-refractivity contribution < 1.29 is 23.7 Å². The molecule has 7 nitrogen and oxygen atoms in total. The summed E-state index contributed by atoms with van der Waals surface area (Å²) in [6.45, 7) is 5.61. The molecule has 0 unspecified atom stereocenters. The predicted molar refractivity (Wildman–Crippen MR) is 115 cm³/mol. The van der Waals surface area contributed by atoms with Crippen LogP contribution in [0.2, 0.25) is 0 Å². The van der Waals surface area contributed by atoms with E-state index >= 15 is 0 Å². The Morgan fingerprint density at radius 1 is 1.03 bits per heavy atom. The topological polar surface area (TPSA) is 69.3 Å². The van der Waals surface area contributed by atoms with E-state index in [-0.39, 0.29) is 11.9 Å². The molecule has 1 heterocycles. The smallest absolute Gasteiger partial charge is 0.251 e. The van der Waals surface area contributed by atoms with Gasteiger partial charge in [-0.05, 0) is 24.6 Å². The molecule has 0 spiro atoms. The monoisotopic (exact) mass is 414 g/mol. The molecule has 2 aromatic carbocycles. The van der Waals surface area contributed by atoms with E-state index in [1.807, 2.05) is 0 Å². The fraction of sp³-hybridized carbons (Fsp3) is 0.435. The van der Waals surface area contributed by atoms with Crippen LogP contribution in [0.5, 0.6) is 17.2 Å². The van der Waals surface area contributed by atoms with Gasteiger partial charge >= 0.3 is 0 Å². The summed E-state index contributed by atoms with van der Waals surface area (Å²) in [5.74, 6) is 1.16. The quantitative estimate of drug-likeness (QED) is 0.716. The molecule has 3 rings (SSSR count). The number of methoxy groups -OCH3 is 3. The van der Waals surface area contributed by atoms with Crippen LogP contribution in [-0.4, -0.2) is 65.0 Å². The average molecular weight is 415 g/mol. The minimum Gasteiger partial charge on any atom is -0.493 e. The molecule has 1 saturated heterocycles. The predicted octanol–water partition coefficient (Wildman–Crippen LogP) is 2.82. The number of carbonyl (C=O) groups excluding carboxylic acids is 1. The second-order valence-corrected chi connectivity index (χ2v) is 7.20. The Morgan fingerprint density at radius 3 is 2.17 bits per heavy atom. The van der Waals surface area contributed by atoms with E-state index < -0.39 is 0 Å². The molecule has 1 aliphatic rings. The molecule has 1 N–H and O–H groups in total. The van der Waals surface area contributed by atoms with E-state index in [0.717, 1.165) is 13.1 Å². The summed E-state index contributed by atoms with van der Waals surface area (Å²) >= 11 is 0. The van der Waals surface area contributed by atoms with Crippen LogP contribution >= 0.6 is 0 Å². The zero-order valence-electron chi connectivity index (χ0n) is 18.1. The molecule has 0 bridgehead atoms. The third-order valence-electron chi connectivity index (χ3n) is 5.33. The molecule has 2 aromatic rings. The normalized spacial score (nSPS) is 15.3. The molecule has 0 radical (unpaired) electrons. The lowest BCUT2D eigenvalue weighted by molar-refractivity contribution is 0.0162. The van der Waals surface area contributed by atoms with E-state index in [9.17, 15) is 4.79 Å². The molecule has 1 fully saturated rings. The van der Waals surface area contributed by atoms with Gasteiger partial charge in [-0.15, -0.1) is 0 Å². The summed E-state index contributed by atoms with van der Waals surface area (Å²) in [5, 5.41) is 3.08.